The van der Waals surface area contributed by atoms with Gasteiger partial charge in [-0.1, -0.05) is 65.2 Å². The third kappa shape index (κ3) is 20.1. The molecule has 0 amide bonds. The molecule has 0 aliphatic rings. The first-order chi connectivity index (χ1) is 15.7. The molecule has 3 N–H and O–H groups in total. The van der Waals surface area contributed by atoms with E-state index in [2.05, 4.69) is 11.4 Å². The van der Waals surface area contributed by atoms with Crippen molar-refractivity contribution in [1.29, 1.82) is 0 Å². The number of hydrogen-bond acceptors (Lipinski definition) is 9. The number of hydrogen-bond donors (Lipinski definition) is 3. The van der Waals surface area contributed by atoms with Crippen molar-refractivity contribution in [2.24, 2.45) is 0 Å². The zero-order chi connectivity index (χ0) is 25.0. The molecule has 0 aromatic rings. The van der Waals surface area contributed by atoms with Crippen LogP contribution in [-0.2, 0) is 32.7 Å². The highest BCUT2D eigenvalue weighted by Gasteiger charge is 2.27. The number of aliphatic hydroxyl groups is 2. The predicted octanol–water partition coefficient (Wildman–Crippen LogP) is 3.65. The zero-order valence-electron chi connectivity index (χ0n) is 20.1. The van der Waals surface area contributed by atoms with Crippen LogP contribution in [-0.4, -0.2) is 65.7 Å². The first kappa shape index (κ1) is 32.0. The molecule has 0 aliphatic heterocycles. The van der Waals surface area contributed by atoms with Crippen molar-refractivity contribution in [2.75, 3.05) is 26.4 Å². The lowest BCUT2D eigenvalue weighted by Crippen LogP contribution is -2.29. The Hall–Kier alpha value is -1.03. The fourth-order valence-corrected chi connectivity index (χ4v) is 3.64. The van der Waals surface area contributed by atoms with Crippen LogP contribution in [0.1, 0.15) is 90.9 Å². The van der Waals surface area contributed by atoms with Crippen LogP contribution in [0.25, 0.3) is 0 Å². The number of phosphoric acid groups is 1. The molecule has 0 aliphatic carbocycles. The van der Waals surface area contributed by atoms with Crippen molar-refractivity contribution < 1.29 is 47.8 Å². The second-order valence-corrected chi connectivity index (χ2v) is 9.47. The summed E-state index contributed by atoms with van der Waals surface area (Å²) in [5.41, 5.74) is 0. The third-order valence-corrected chi connectivity index (χ3v) is 5.68. The van der Waals surface area contributed by atoms with E-state index in [4.69, 9.17) is 19.1 Å². The minimum absolute atomic E-state index is 0.186. The molecule has 0 bridgehead atoms. The summed E-state index contributed by atoms with van der Waals surface area (Å²) in [6.07, 6.45) is 8.51. The summed E-state index contributed by atoms with van der Waals surface area (Å²) in [4.78, 5) is 33.4. The summed E-state index contributed by atoms with van der Waals surface area (Å²) in [7, 11) is -4.56. The summed E-state index contributed by atoms with van der Waals surface area (Å²) in [6, 6.07) is 0. The van der Waals surface area contributed by atoms with Crippen molar-refractivity contribution in [3.05, 3.63) is 0 Å². The Morgan fingerprint density at radius 2 is 1.36 bits per heavy atom. The molecule has 3 atom stereocenters. The number of rotatable bonds is 22. The molecule has 0 saturated carbocycles. The Balaban J connectivity index is 4.40. The monoisotopic (exact) mass is 498 g/mol. The number of aliphatic hydroxyl groups excluding tert-OH is 2. The van der Waals surface area contributed by atoms with Gasteiger partial charge in [-0.15, -0.1) is 0 Å². The van der Waals surface area contributed by atoms with Gasteiger partial charge in [0.25, 0.3) is 0 Å². The van der Waals surface area contributed by atoms with Gasteiger partial charge in [0.15, 0.2) is 6.10 Å². The van der Waals surface area contributed by atoms with Crippen molar-refractivity contribution in [3.63, 3.8) is 0 Å². The Morgan fingerprint density at radius 3 is 1.94 bits per heavy atom. The molecule has 0 aromatic carbocycles. The third-order valence-electron chi connectivity index (χ3n) is 4.73. The molecule has 0 heterocycles. The highest BCUT2D eigenvalue weighted by atomic mass is 31.2. The lowest BCUT2D eigenvalue weighted by atomic mass is 10.1. The second kappa shape index (κ2) is 20.4. The van der Waals surface area contributed by atoms with E-state index in [0.717, 1.165) is 19.3 Å². The molecule has 0 spiro atoms. The number of phosphoric ester groups is 1. The average molecular weight is 499 g/mol. The summed E-state index contributed by atoms with van der Waals surface area (Å²) >= 11 is 0. The smallest absolute Gasteiger partial charge is 0.462 e. The Morgan fingerprint density at radius 1 is 0.788 bits per heavy atom. The molecule has 10 nitrogen and oxygen atoms in total. The quantitative estimate of drug-likeness (QED) is 0.115. The maximum atomic E-state index is 12.2. The molecule has 196 valence electrons. The van der Waals surface area contributed by atoms with Gasteiger partial charge in [-0.05, 0) is 12.8 Å². The SMILES string of the molecule is CCCCCCCCCCCC(=O)OC(COC(=O)CCC)COP(=O)(O)OCC(O)CO. The number of esters is 2. The van der Waals surface area contributed by atoms with Crippen LogP contribution in [0.4, 0.5) is 0 Å². The van der Waals surface area contributed by atoms with E-state index in [1.165, 1.54) is 32.1 Å². The fraction of sp³-hybridized carbons (Fsp3) is 0.909. The van der Waals surface area contributed by atoms with Crippen LogP contribution in [0, 0.1) is 0 Å². The maximum absolute atomic E-state index is 12.2. The highest BCUT2D eigenvalue weighted by molar-refractivity contribution is 7.47. The van der Waals surface area contributed by atoms with Crippen molar-refractivity contribution in [2.45, 2.75) is 103 Å². The van der Waals surface area contributed by atoms with E-state index in [-0.39, 0.29) is 19.4 Å². The van der Waals surface area contributed by atoms with Gasteiger partial charge in [0.05, 0.1) is 19.8 Å². The van der Waals surface area contributed by atoms with E-state index in [1.54, 1.807) is 0 Å². The Labute approximate surface area is 197 Å². The van der Waals surface area contributed by atoms with E-state index in [9.17, 15) is 24.2 Å². The molecule has 0 aromatic heterocycles. The van der Waals surface area contributed by atoms with Gasteiger partial charge < -0.3 is 24.6 Å². The van der Waals surface area contributed by atoms with E-state index in [0.29, 0.717) is 12.8 Å². The first-order valence-corrected chi connectivity index (χ1v) is 13.5. The number of ether oxygens (including phenoxy) is 2. The van der Waals surface area contributed by atoms with Crippen LogP contribution in [0.3, 0.4) is 0 Å². The summed E-state index contributed by atoms with van der Waals surface area (Å²) < 4.78 is 31.6. The standard InChI is InChI=1S/C22H43O10P/c1-3-5-6-7-8-9-10-11-12-14-22(26)32-20(17-29-21(25)13-4-2)18-31-33(27,28)30-16-19(24)15-23/h19-20,23-24H,3-18H2,1-2H3,(H,27,28). The van der Waals surface area contributed by atoms with E-state index >= 15 is 0 Å². The minimum atomic E-state index is -4.56. The Kier molecular flexibility index (Phi) is 19.7. The van der Waals surface area contributed by atoms with Crippen molar-refractivity contribution in [3.8, 4) is 0 Å². The van der Waals surface area contributed by atoms with E-state index in [1.807, 2.05) is 6.92 Å². The molecule has 0 saturated heterocycles. The van der Waals surface area contributed by atoms with Crippen LogP contribution in [0.2, 0.25) is 0 Å². The first-order valence-electron chi connectivity index (χ1n) is 12.0. The van der Waals surface area contributed by atoms with Crippen LogP contribution in [0.5, 0.6) is 0 Å². The number of carbonyl (C=O) groups excluding carboxylic acids is 2. The zero-order valence-corrected chi connectivity index (χ0v) is 21.0. The molecule has 0 fully saturated rings. The van der Waals surface area contributed by atoms with Crippen molar-refractivity contribution >= 4 is 19.8 Å². The number of carbonyl (C=O) groups is 2. The van der Waals surface area contributed by atoms with Crippen LogP contribution in [0.15, 0.2) is 0 Å². The van der Waals surface area contributed by atoms with Gasteiger partial charge in [0, 0.05) is 12.8 Å². The molecule has 3 unspecified atom stereocenters. The lowest BCUT2D eigenvalue weighted by molar-refractivity contribution is -0.161. The van der Waals surface area contributed by atoms with E-state index < -0.39 is 51.8 Å². The van der Waals surface area contributed by atoms with Gasteiger partial charge in [0.1, 0.15) is 12.7 Å². The summed E-state index contributed by atoms with van der Waals surface area (Å²) in [5, 5.41) is 17.9. The summed E-state index contributed by atoms with van der Waals surface area (Å²) in [5.74, 6) is -0.991. The van der Waals surface area contributed by atoms with Crippen LogP contribution >= 0.6 is 7.82 Å². The van der Waals surface area contributed by atoms with Gasteiger partial charge in [-0.2, -0.15) is 0 Å². The van der Waals surface area contributed by atoms with Crippen LogP contribution < -0.4 is 0 Å². The van der Waals surface area contributed by atoms with Gasteiger partial charge in [0.2, 0.25) is 0 Å². The maximum Gasteiger partial charge on any atom is 0.472 e. The van der Waals surface area contributed by atoms with Gasteiger partial charge in [-0.25, -0.2) is 4.57 Å². The van der Waals surface area contributed by atoms with Crippen molar-refractivity contribution in [1.82, 2.24) is 0 Å². The highest BCUT2D eigenvalue weighted by Crippen LogP contribution is 2.43. The molecular weight excluding hydrogens is 455 g/mol. The average Bonchev–Trinajstić information content (AvgIpc) is 2.78. The minimum Gasteiger partial charge on any atom is -0.462 e. The largest absolute Gasteiger partial charge is 0.472 e. The normalized spacial score (nSPS) is 14.9. The molecule has 0 rings (SSSR count). The lowest BCUT2D eigenvalue weighted by Gasteiger charge is -2.20. The molecule has 33 heavy (non-hydrogen) atoms. The number of unbranched alkanes of at least 4 members (excludes halogenated alkanes) is 8. The Bertz CT molecular complexity index is 557. The fourth-order valence-electron chi connectivity index (χ4n) is 2.85. The topological polar surface area (TPSA) is 149 Å². The summed E-state index contributed by atoms with van der Waals surface area (Å²) in [6.45, 7) is 1.89. The van der Waals surface area contributed by atoms with Gasteiger partial charge in [-0.3, -0.25) is 18.6 Å². The van der Waals surface area contributed by atoms with Gasteiger partial charge >= 0.3 is 19.8 Å². The molecular formula is C22H43O10P. The molecule has 11 heteroatoms. The predicted molar refractivity (Wildman–Crippen MR) is 122 cm³/mol. The molecule has 0 radical (unpaired) electrons. The second-order valence-electron chi connectivity index (χ2n) is 8.02.